The number of nitrogens with zero attached hydrogens (tertiary/aromatic N) is 4. The van der Waals surface area contributed by atoms with Gasteiger partial charge >= 0.3 is 5.97 Å². The number of aromatic nitrogens is 3. The van der Waals surface area contributed by atoms with Crippen molar-refractivity contribution in [2.24, 2.45) is 0 Å². The van der Waals surface area contributed by atoms with Crippen LogP contribution in [0.1, 0.15) is 64.1 Å². The zero-order valence-corrected chi connectivity index (χ0v) is 28.2. The number of hydrogen-bond acceptors (Lipinski definition) is 9. The number of carboxylic acid groups (broad SMARTS) is 1. The summed E-state index contributed by atoms with van der Waals surface area (Å²) < 4.78 is 41.4. The topological polar surface area (TPSA) is 174 Å². The first-order valence-electron chi connectivity index (χ1n) is 15.8. The van der Waals surface area contributed by atoms with Crippen molar-refractivity contribution in [1.82, 2.24) is 19.6 Å². The van der Waals surface area contributed by atoms with Crippen LogP contribution in [0.2, 0.25) is 0 Å². The zero-order valence-electron chi connectivity index (χ0n) is 27.4. The number of amides is 1. The van der Waals surface area contributed by atoms with Gasteiger partial charge in [0.25, 0.3) is 15.6 Å². The molecule has 5 rings (SSSR count). The molecule has 1 aliphatic heterocycles. The highest BCUT2D eigenvalue weighted by atomic mass is 32.2. The van der Waals surface area contributed by atoms with Gasteiger partial charge in [0.2, 0.25) is 5.91 Å². The fraction of sp³-hybridized carbons (Fsp3) is 0.382. The molecule has 2 aromatic carbocycles. The number of carbonyl (C=O) groups excluding carboxylic acids is 1. The Morgan fingerprint density at radius 1 is 1.04 bits per heavy atom. The van der Waals surface area contributed by atoms with Crippen LogP contribution in [0.25, 0.3) is 11.1 Å². The quantitative estimate of drug-likeness (QED) is 0.222. The Morgan fingerprint density at radius 3 is 2.44 bits per heavy atom. The molecule has 0 radical (unpaired) electrons. The van der Waals surface area contributed by atoms with Gasteiger partial charge in [0.05, 0.1) is 36.6 Å². The number of morpholine rings is 1. The van der Waals surface area contributed by atoms with Crippen molar-refractivity contribution in [2.75, 3.05) is 31.0 Å². The molecule has 2 aromatic heterocycles. The van der Waals surface area contributed by atoms with Crippen LogP contribution in [0.5, 0.6) is 0 Å². The standard InChI is InChI=1S/C34H39N5O8S/c1-5-6-11-30-35-22(3)27(19-31(40)38-14-16-46-17-15-38)33(41)39(30)20-24-12-13-25(28(18-24)34(42)43)26-9-7-8-10-29(26)48(44,45)37-32-21(2)23(4)47-36-32/h7-10,12-13,18H,5-6,11,14-17,19-20H2,1-4H3,(H,36,37)(H,42,43). The zero-order chi connectivity index (χ0) is 34.6. The molecule has 4 aromatic rings. The van der Waals surface area contributed by atoms with Crippen molar-refractivity contribution in [3.63, 3.8) is 0 Å². The molecule has 2 N–H and O–H groups in total. The van der Waals surface area contributed by atoms with Crippen LogP contribution < -0.4 is 10.3 Å². The van der Waals surface area contributed by atoms with E-state index in [1.165, 1.54) is 22.8 Å². The first-order chi connectivity index (χ1) is 22.9. The minimum atomic E-state index is -4.21. The van der Waals surface area contributed by atoms with E-state index < -0.39 is 16.0 Å². The van der Waals surface area contributed by atoms with E-state index in [1.54, 1.807) is 49.9 Å². The van der Waals surface area contributed by atoms with Crippen LogP contribution in [-0.4, -0.2) is 71.3 Å². The van der Waals surface area contributed by atoms with E-state index in [2.05, 4.69) is 9.88 Å². The van der Waals surface area contributed by atoms with Gasteiger partial charge in [-0.2, -0.15) is 0 Å². The molecule has 0 spiro atoms. The van der Waals surface area contributed by atoms with E-state index in [9.17, 15) is 27.9 Å². The van der Waals surface area contributed by atoms with E-state index in [0.717, 1.165) is 12.8 Å². The molecule has 48 heavy (non-hydrogen) atoms. The molecule has 1 aliphatic rings. The van der Waals surface area contributed by atoms with E-state index in [1.807, 2.05) is 6.92 Å². The molecular formula is C34H39N5O8S. The third-order valence-electron chi connectivity index (χ3n) is 8.50. The summed E-state index contributed by atoms with van der Waals surface area (Å²) in [6.07, 6.45) is 2.08. The van der Waals surface area contributed by atoms with Gasteiger partial charge in [-0.25, -0.2) is 18.2 Å². The highest BCUT2D eigenvalue weighted by Gasteiger charge is 2.26. The lowest BCUT2D eigenvalue weighted by Gasteiger charge is -2.27. The monoisotopic (exact) mass is 677 g/mol. The number of benzene rings is 2. The van der Waals surface area contributed by atoms with Gasteiger partial charge in [0, 0.05) is 41.9 Å². The van der Waals surface area contributed by atoms with Crippen LogP contribution in [0, 0.1) is 20.8 Å². The molecule has 0 bridgehead atoms. The second-order valence-electron chi connectivity index (χ2n) is 11.8. The van der Waals surface area contributed by atoms with Crippen LogP contribution in [0.3, 0.4) is 0 Å². The Bertz CT molecular complexity index is 2010. The average Bonchev–Trinajstić information content (AvgIpc) is 3.39. The number of hydrogen-bond donors (Lipinski definition) is 2. The SMILES string of the molecule is CCCCc1nc(C)c(CC(=O)N2CCOCC2)c(=O)n1Cc1ccc(-c2ccccc2S(=O)(=O)Nc2noc(C)c2C)c(C(=O)O)c1. The number of rotatable bonds is 12. The number of anilines is 1. The van der Waals surface area contributed by atoms with Crippen LogP contribution in [0.15, 0.2) is 56.7 Å². The van der Waals surface area contributed by atoms with Crippen LogP contribution in [0.4, 0.5) is 5.82 Å². The third-order valence-corrected chi connectivity index (χ3v) is 9.90. The first-order valence-corrected chi connectivity index (χ1v) is 17.3. The lowest BCUT2D eigenvalue weighted by molar-refractivity contribution is -0.134. The summed E-state index contributed by atoms with van der Waals surface area (Å²) >= 11 is 0. The molecule has 13 nitrogen and oxygen atoms in total. The number of sulfonamides is 1. The number of carbonyl (C=O) groups is 2. The van der Waals surface area contributed by atoms with Crippen molar-refractivity contribution in [1.29, 1.82) is 0 Å². The van der Waals surface area contributed by atoms with Gasteiger partial charge in [-0.15, -0.1) is 0 Å². The Morgan fingerprint density at radius 2 is 1.77 bits per heavy atom. The van der Waals surface area contributed by atoms with Gasteiger partial charge < -0.3 is 19.3 Å². The number of aryl methyl sites for hydroxylation is 3. The molecule has 0 unspecified atom stereocenters. The molecule has 1 saturated heterocycles. The van der Waals surface area contributed by atoms with Gasteiger partial charge in [0.15, 0.2) is 5.82 Å². The normalized spacial score (nSPS) is 13.5. The van der Waals surface area contributed by atoms with Crippen molar-refractivity contribution >= 4 is 27.7 Å². The van der Waals surface area contributed by atoms with Crippen molar-refractivity contribution in [3.8, 4) is 11.1 Å². The van der Waals surface area contributed by atoms with Crippen molar-refractivity contribution in [3.05, 3.63) is 92.4 Å². The summed E-state index contributed by atoms with van der Waals surface area (Å²) in [5.74, 6) is -0.404. The van der Waals surface area contributed by atoms with Gasteiger partial charge in [-0.3, -0.25) is 18.9 Å². The molecule has 3 heterocycles. The molecule has 1 amide bonds. The second-order valence-corrected chi connectivity index (χ2v) is 13.4. The number of unbranched alkanes of at least 4 members (excludes halogenated alkanes) is 1. The number of carboxylic acids is 1. The molecular weight excluding hydrogens is 638 g/mol. The summed E-state index contributed by atoms with van der Waals surface area (Å²) in [5, 5.41) is 14.1. The molecule has 0 aliphatic carbocycles. The van der Waals surface area contributed by atoms with Gasteiger partial charge in [-0.05, 0) is 50.5 Å². The number of aromatic carboxylic acids is 1. The molecule has 0 saturated carbocycles. The highest BCUT2D eigenvalue weighted by molar-refractivity contribution is 7.92. The van der Waals surface area contributed by atoms with Crippen LogP contribution >= 0.6 is 0 Å². The summed E-state index contributed by atoms with van der Waals surface area (Å²) in [6, 6.07) is 10.7. The van der Waals surface area contributed by atoms with E-state index in [0.29, 0.717) is 66.7 Å². The summed E-state index contributed by atoms with van der Waals surface area (Å²) in [4.78, 5) is 45.9. The van der Waals surface area contributed by atoms with E-state index in [-0.39, 0.29) is 51.8 Å². The van der Waals surface area contributed by atoms with Crippen molar-refractivity contribution in [2.45, 2.75) is 64.8 Å². The van der Waals surface area contributed by atoms with Crippen LogP contribution in [-0.2, 0) is 38.9 Å². The highest BCUT2D eigenvalue weighted by Crippen LogP contribution is 2.32. The van der Waals surface area contributed by atoms with Gasteiger partial charge in [-0.1, -0.05) is 48.8 Å². The Kier molecular flexibility index (Phi) is 10.4. The predicted octanol–water partition coefficient (Wildman–Crippen LogP) is 4.11. The third kappa shape index (κ3) is 7.34. The second kappa shape index (κ2) is 14.5. The lowest BCUT2D eigenvalue weighted by atomic mass is 9.97. The minimum Gasteiger partial charge on any atom is -0.478 e. The summed E-state index contributed by atoms with van der Waals surface area (Å²) in [5.41, 5.74) is 1.68. The molecule has 0 atom stereocenters. The fourth-order valence-corrected chi connectivity index (χ4v) is 6.91. The summed E-state index contributed by atoms with van der Waals surface area (Å²) in [7, 11) is -4.21. The first kappa shape index (κ1) is 34.5. The lowest BCUT2D eigenvalue weighted by Crippen LogP contribution is -2.42. The largest absolute Gasteiger partial charge is 0.478 e. The number of nitrogens with one attached hydrogen (secondary N) is 1. The van der Waals surface area contributed by atoms with Gasteiger partial charge in [0.1, 0.15) is 11.6 Å². The van der Waals surface area contributed by atoms with E-state index >= 15 is 0 Å². The maximum atomic E-state index is 14.0. The molecule has 1 fully saturated rings. The Balaban J connectivity index is 1.52. The molecule has 254 valence electrons. The fourth-order valence-electron chi connectivity index (χ4n) is 5.63. The Labute approximate surface area is 278 Å². The predicted molar refractivity (Wildman–Crippen MR) is 178 cm³/mol. The smallest absolute Gasteiger partial charge is 0.336 e. The average molecular weight is 678 g/mol. The molecule has 14 heteroatoms. The maximum absolute atomic E-state index is 14.0. The minimum absolute atomic E-state index is 0.0107. The maximum Gasteiger partial charge on any atom is 0.336 e. The Hall–Kier alpha value is -4.82. The van der Waals surface area contributed by atoms with Crippen molar-refractivity contribution < 1.29 is 32.4 Å². The summed E-state index contributed by atoms with van der Waals surface area (Å²) in [6.45, 7) is 8.90. The number of ether oxygens (including phenoxy) is 1. The van der Waals surface area contributed by atoms with E-state index in [4.69, 9.17) is 14.2 Å².